The molecule has 0 amide bonds. The number of guanidine groups is 1. The van der Waals surface area contributed by atoms with E-state index in [1.165, 1.54) is 5.56 Å². The number of hydrogen-bond donors (Lipinski definition) is 2. The molecular formula is C21H32N4O2. The maximum atomic E-state index is 5.76. The normalized spacial score (nSPS) is 12.9. The van der Waals surface area contributed by atoms with Gasteiger partial charge in [0.05, 0.1) is 25.5 Å². The fourth-order valence-electron chi connectivity index (χ4n) is 2.80. The van der Waals surface area contributed by atoms with Crippen molar-refractivity contribution in [1.29, 1.82) is 0 Å². The monoisotopic (exact) mass is 372 g/mol. The van der Waals surface area contributed by atoms with E-state index in [2.05, 4.69) is 47.6 Å². The Hall–Kier alpha value is -2.47. The van der Waals surface area contributed by atoms with Crippen LogP contribution in [0.3, 0.4) is 0 Å². The molecule has 2 N–H and O–H groups in total. The van der Waals surface area contributed by atoms with Crippen LogP contribution in [0.1, 0.15) is 36.8 Å². The average Bonchev–Trinajstić information content (AvgIpc) is 3.15. The number of aliphatic imine (C=N–C) groups is 1. The molecule has 1 atom stereocenters. The van der Waals surface area contributed by atoms with Crippen molar-refractivity contribution in [2.24, 2.45) is 4.99 Å². The standard InChI is InChI=1S/C21H32N4O2/c1-6-22-21(24-15-18(25(4)5)19-9-8-12-27-19)23-14-17-11-10-16(3)13-20(17)26-7-2/h8-13,18H,6-7,14-15H2,1-5H3,(H2,22,23,24). The van der Waals surface area contributed by atoms with Crippen LogP contribution in [0.4, 0.5) is 0 Å². The molecule has 0 saturated carbocycles. The number of nitrogens with one attached hydrogen (secondary N) is 2. The largest absolute Gasteiger partial charge is 0.494 e. The number of likely N-dealkylation sites (N-methyl/N-ethyl adjacent to an activating group) is 1. The first-order chi connectivity index (χ1) is 13.0. The molecule has 148 valence electrons. The van der Waals surface area contributed by atoms with E-state index < -0.39 is 0 Å². The highest BCUT2D eigenvalue weighted by Gasteiger charge is 2.17. The van der Waals surface area contributed by atoms with Crippen molar-refractivity contribution in [3.63, 3.8) is 0 Å². The molecule has 6 heteroatoms. The lowest BCUT2D eigenvalue weighted by atomic mass is 10.1. The molecule has 27 heavy (non-hydrogen) atoms. The Morgan fingerprint density at radius 2 is 2.04 bits per heavy atom. The van der Waals surface area contributed by atoms with Gasteiger partial charge in [0.2, 0.25) is 0 Å². The van der Waals surface area contributed by atoms with E-state index >= 15 is 0 Å². The Bertz CT molecular complexity index is 711. The van der Waals surface area contributed by atoms with Gasteiger partial charge in [-0.05, 0) is 58.6 Å². The lowest BCUT2D eigenvalue weighted by Crippen LogP contribution is -2.41. The molecule has 0 saturated heterocycles. The second-order valence-corrected chi connectivity index (χ2v) is 6.62. The van der Waals surface area contributed by atoms with Crippen molar-refractivity contribution < 1.29 is 9.15 Å². The van der Waals surface area contributed by atoms with Crippen molar-refractivity contribution in [3.05, 3.63) is 53.5 Å². The van der Waals surface area contributed by atoms with Gasteiger partial charge < -0.3 is 19.8 Å². The smallest absolute Gasteiger partial charge is 0.191 e. The van der Waals surface area contributed by atoms with Crippen LogP contribution in [-0.2, 0) is 6.54 Å². The topological polar surface area (TPSA) is 62.0 Å². The summed E-state index contributed by atoms with van der Waals surface area (Å²) in [6.45, 7) is 8.81. The lowest BCUT2D eigenvalue weighted by Gasteiger charge is -2.23. The Kier molecular flexibility index (Phi) is 8.20. The summed E-state index contributed by atoms with van der Waals surface area (Å²) in [5, 5.41) is 6.72. The quantitative estimate of drug-likeness (QED) is 0.522. The van der Waals surface area contributed by atoms with Gasteiger partial charge in [0.15, 0.2) is 5.96 Å². The SMILES string of the molecule is CCNC(=NCc1ccc(C)cc1OCC)NCC(c1ccco1)N(C)C. The fourth-order valence-corrected chi connectivity index (χ4v) is 2.80. The first-order valence-corrected chi connectivity index (χ1v) is 9.49. The Balaban J connectivity index is 2.08. The Labute approximate surface area is 162 Å². The Morgan fingerprint density at radius 1 is 1.22 bits per heavy atom. The number of nitrogens with zero attached hydrogens (tertiary/aromatic N) is 2. The van der Waals surface area contributed by atoms with Crippen molar-refractivity contribution in [2.45, 2.75) is 33.4 Å². The van der Waals surface area contributed by atoms with Gasteiger partial charge >= 0.3 is 0 Å². The van der Waals surface area contributed by atoms with Gasteiger partial charge in [0.1, 0.15) is 11.5 Å². The molecule has 2 rings (SSSR count). The van der Waals surface area contributed by atoms with Gasteiger partial charge in [-0.25, -0.2) is 4.99 Å². The van der Waals surface area contributed by atoms with Crippen LogP contribution < -0.4 is 15.4 Å². The summed E-state index contributed by atoms with van der Waals surface area (Å²) in [6.07, 6.45) is 1.71. The number of ether oxygens (including phenoxy) is 1. The molecule has 1 aromatic heterocycles. The van der Waals surface area contributed by atoms with E-state index in [0.29, 0.717) is 19.7 Å². The predicted octanol–water partition coefficient (Wildman–Crippen LogP) is 3.34. The maximum Gasteiger partial charge on any atom is 0.191 e. The second kappa shape index (κ2) is 10.6. The van der Waals surface area contributed by atoms with Crippen molar-refractivity contribution in [2.75, 3.05) is 33.8 Å². The molecule has 1 unspecified atom stereocenters. The van der Waals surface area contributed by atoms with Crippen LogP contribution >= 0.6 is 0 Å². The van der Waals surface area contributed by atoms with E-state index in [4.69, 9.17) is 14.1 Å². The second-order valence-electron chi connectivity index (χ2n) is 6.62. The van der Waals surface area contributed by atoms with E-state index in [0.717, 1.165) is 29.6 Å². The van der Waals surface area contributed by atoms with E-state index in [9.17, 15) is 0 Å². The first kappa shape index (κ1) is 20.8. The fraction of sp³-hybridized carbons (Fsp3) is 0.476. The molecule has 0 spiro atoms. The predicted molar refractivity (Wildman–Crippen MR) is 110 cm³/mol. The zero-order valence-corrected chi connectivity index (χ0v) is 17.1. The minimum absolute atomic E-state index is 0.127. The molecule has 0 aliphatic carbocycles. The van der Waals surface area contributed by atoms with Crippen LogP contribution in [-0.4, -0.2) is 44.7 Å². The third-order valence-electron chi connectivity index (χ3n) is 4.23. The highest BCUT2D eigenvalue weighted by atomic mass is 16.5. The number of benzene rings is 1. The van der Waals surface area contributed by atoms with Crippen LogP contribution in [0.5, 0.6) is 5.75 Å². The van der Waals surface area contributed by atoms with Crippen LogP contribution in [0, 0.1) is 6.92 Å². The maximum absolute atomic E-state index is 5.76. The average molecular weight is 373 g/mol. The zero-order chi connectivity index (χ0) is 19.6. The lowest BCUT2D eigenvalue weighted by molar-refractivity contribution is 0.258. The molecule has 0 aliphatic rings. The molecule has 0 bridgehead atoms. The van der Waals surface area contributed by atoms with Crippen LogP contribution in [0.15, 0.2) is 46.0 Å². The summed E-state index contributed by atoms with van der Waals surface area (Å²) in [5.74, 6) is 2.61. The first-order valence-electron chi connectivity index (χ1n) is 9.49. The molecule has 1 heterocycles. The summed E-state index contributed by atoms with van der Waals surface area (Å²) in [4.78, 5) is 6.86. The van der Waals surface area contributed by atoms with Crippen molar-refractivity contribution >= 4 is 5.96 Å². The van der Waals surface area contributed by atoms with Gasteiger partial charge in [-0.2, -0.15) is 0 Å². The minimum atomic E-state index is 0.127. The summed E-state index contributed by atoms with van der Waals surface area (Å²) in [7, 11) is 4.08. The molecule has 0 fully saturated rings. The Morgan fingerprint density at radius 3 is 2.67 bits per heavy atom. The van der Waals surface area contributed by atoms with Crippen molar-refractivity contribution in [3.8, 4) is 5.75 Å². The number of hydrogen-bond acceptors (Lipinski definition) is 4. The van der Waals surface area contributed by atoms with E-state index in [1.807, 2.05) is 33.2 Å². The third-order valence-corrected chi connectivity index (χ3v) is 4.23. The molecule has 0 radical (unpaired) electrons. The minimum Gasteiger partial charge on any atom is -0.494 e. The van der Waals surface area contributed by atoms with Gasteiger partial charge in [-0.15, -0.1) is 0 Å². The van der Waals surface area contributed by atoms with E-state index in [-0.39, 0.29) is 6.04 Å². The molecular weight excluding hydrogens is 340 g/mol. The number of furan rings is 1. The van der Waals surface area contributed by atoms with Gasteiger partial charge in [-0.1, -0.05) is 12.1 Å². The molecule has 1 aromatic carbocycles. The summed E-state index contributed by atoms with van der Waals surface area (Å²) in [5.41, 5.74) is 2.26. The van der Waals surface area contributed by atoms with Crippen molar-refractivity contribution in [1.82, 2.24) is 15.5 Å². The molecule has 2 aromatic rings. The molecule has 0 aliphatic heterocycles. The summed E-state index contributed by atoms with van der Waals surface area (Å²) >= 11 is 0. The van der Waals surface area contributed by atoms with Gasteiger partial charge in [0.25, 0.3) is 0 Å². The van der Waals surface area contributed by atoms with Gasteiger partial charge in [0, 0.05) is 18.7 Å². The van der Waals surface area contributed by atoms with Gasteiger partial charge in [-0.3, -0.25) is 4.90 Å². The molecule has 6 nitrogen and oxygen atoms in total. The highest BCUT2D eigenvalue weighted by molar-refractivity contribution is 5.79. The number of rotatable bonds is 9. The summed E-state index contributed by atoms with van der Waals surface area (Å²) < 4.78 is 11.3. The zero-order valence-electron chi connectivity index (χ0n) is 17.1. The van der Waals surface area contributed by atoms with Crippen LogP contribution in [0.2, 0.25) is 0 Å². The highest BCUT2D eigenvalue weighted by Crippen LogP contribution is 2.21. The van der Waals surface area contributed by atoms with E-state index in [1.54, 1.807) is 6.26 Å². The summed E-state index contributed by atoms with van der Waals surface area (Å²) in [6, 6.07) is 10.3. The number of aryl methyl sites for hydroxylation is 1. The van der Waals surface area contributed by atoms with Crippen LogP contribution in [0.25, 0.3) is 0 Å². The third kappa shape index (κ3) is 6.32.